The molecule has 1 unspecified atom stereocenters. The molecule has 1 aliphatic rings. The minimum absolute atomic E-state index is 0.142. The molecule has 1 atom stereocenters. The van der Waals surface area contributed by atoms with Crippen LogP contribution in [0, 0.1) is 12.7 Å². The number of aromatic nitrogens is 1. The molecule has 1 fully saturated rings. The van der Waals surface area contributed by atoms with Crippen molar-refractivity contribution >= 4 is 17.4 Å². The second-order valence-electron chi connectivity index (χ2n) is 8.07. The number of hydrogen-bond donors (Lipinski definition) is 1. The zero-order chi connectivity index (χ0) is 21.4. The lowest BCUT2D eigenvalue weighted by Crippen LogP contribution is -2.31. The minimum Gasteiger partial charge on any atom is -0.507 e. The molecule has 0 amide bonds. The van der Waals surface area contributed by atoms with Gasteiger partial charge in [-0.3, -0.25) is 0 Å². The third-order valence-electron chi connectivity index (χ3n) is 5.71. The summed E-state index contributed by atoms with van der Waals surface area (Å²) in [5.74, 6) is 0.516. The number of phenols is 1. The monoisotopic (exact) mass is 425 g/mol. The minimum atomic E-state index is -0.383. The van der Waals surface area contributed by atoms with E-state index in [0.717, 1.165) is 30.9 Å². The summed E-state index contributed by atoms with van der Waals surface area (Å²) in [6.07, 6.45) is 1.03. The third kappa shape index (κ3) is 4.00. The number of aryl methyl sites for hydroxylation is 1. The highest BCUT2D eigenvalue weighted by Gasteiger charge is 2.26. The van der Waals surface area contributed by atoms with Crippen molar-refractivity contribution < 1.29 is 9.50 Å². The number of nitrogens with zero attached hydrogens (tertiary/aromatic N) is 3. The van der Waals surface area contributed by atoms with Crippen LogP contribution in [0.2, 0.25) is 5.02 Å². The molecule has 1 saturated heterocycles. The predicted molar refractivity (Wildman–Crippen MR) is 121 cm³/mol. The summed E-state index contributed by atoms with van der Waals surface area (Å²) in [6.45, 7) is 3.67. The van der Waals surface area contributed by atoms with E-state index in [9.17, 15) is 9.50 Å². The van der Waals surface area contributed by atoms with Gasteiger partial charge in [0.05, 0.1) is 10.7 Å². The fourth-order valence-electron chi connectivity index (χ4n) is 3.96. The maximum absolute atomic E-state index is 14.7. The number of aromatic hydroxyl groups is 1. The molecule has 4 nitrogen and oxygen atoms in total. The molecule has 0 bridgehead atoms. The number of phenolic OH excluding ortho intramolecular Hbond substituents is 1. The van der Waals surface area contributed by atoms with Gasteiger partial charge in [-0.25, -0.2) is 9.37 Å². The Morgan fingerprint density at radius 1 is 1.17 bits per heavy atom. The quantitative estimate of drug-likeness (QED) is 0.610. The molecule has 0 aliphatic carbocycles. The maximum atomic E-state index is 14.7. The van der Waals surface area contributed by atoms with E-state index in [1.165, 1.54) is 6.07 Å². The Morgan fingerprint density at radius 2 is 1.97 bits per heavy atom. The van der Waals surface area contributed by atoms with E-state index < -0.39 is 0 Å². The molecule has 1 N–H and O–H groups in total. The molecule has 30 heavy (non-hydrogen) atoms. The van der Waals surface area contributed by atoms with Gasteiger partial charge < -0.3 is 14.9 Å². The summed E-state index contributed by atoms with van der Waals surface area (Å²) in [4.78, 5) is 9.27. The van der Waals surface area contributed by atoms with E-state index >= 15 is 0 Å². The number of pyridine rings is 1. The Morgan fingerprint density at radius 3 is 2.67 bits per heavy atom. The molecule has 0 radical (unpaired) electrons. The number of rotatable bonds is 4. The number of anilines is 1. The lowest BCUT2D eigenvalue weighted by atomic mass is 10.0. The van der Waals surface area contributed by atoms with Crippen LogP contribution < -0.4 is 4.90 Å². The Bertz CT molecular complexity index is 1070. The molecule has 0 saturated carbocycles. The van der Waals surface area contributed by atoms with Crippen molar-refractivity contribution in [2.45, 2.75) is 19.4 Å². The van der Waals surface area contributed by atoms with Crippen LogP contribution in [0.5, 0.6) is 5.75 Å². The first kappa shape index (κ1) is 20.6. The third-order valence-corrected chi connectivity index (χ3v) is 6.02. The van der Waals surface area contributed by atoms with Crippen molar-refractivity contribution in [2.75, 3.05) is 32.1 Å². The molecule has 1 aliphatic heterocycles. The van der Waals surface area contributed by atoms with Crippen molar-refractivity contribution in [2.24, 2.45) is 0 Å². The topological polar surface area (TPSA) is 39.6 Å². The maximum Gasteiger partial charge on any atom is 0.132 e. The van der Waals surface area contributed by atoms with Crippen LogP contribution in [0.25, 0.3) is 22.4 Å². The molecule has 2 heterocycles. The summed E-state index contributed by atoms with van der Waals surface area (Å²) in [5.41, 5.74) is 3.21. The molecular weight excluding hydrogens is 401 g/mol. The van der Waals surface area contributed by atoms with E-state index in [-0.39, 0.29) is 11.6 Å². The van der Waals surface area contributed by atoms with Gasteiger partial charge in [-0.1, -0.05) is 29.3 Å². The average molecular weight is 426 g/mol. The molecule has 0 spiro atoms. The lowest BCUT2D eigenvalue weighted by Gasteiger charge is -2.22. The van der Waals surface area contributed by atoms with Gasteiger partial charge in [0.2, 0.25) is 0 Å². The molecular formula is C24H25ClFN3O. The SMILES string of the molecule is Cc1ccc(O)c(-c2cc(-c3c(F)cccc3Cl)cc(N3CCC(N(C)C)C3)n2)c1. The molecule has 156 valence electrons. The van der Waals surface area contributed by atoms with Gasteiger partial charge in [-0.05, 0) is 69.4 Å². The van der Waals surface area contributed by atoms with Gasteiger partial charge in [0, 0.05) is 30.3 Å². The smallest absolute Gasteiger partial charge is 0.132 e. The summed E-state index contributed by atoms with van der Waals surface area (Å²) in [7, 11) is 4.15. The lowest BCUT2D eigenvalue weighted by molar-refractivity contribution is 0.315. The Balaban J connectivity index is 1.88. The predicted octanol–water partition coefficient (Wildman–Crippen LogP) is 5.36. The van der Waals surface area contributed by atoms with Crippen LogP contribution >= 0.6 is 11.6 Å². The van der Waals surface area contributed by atoms with Gasteiger partial charge in [-0.15, -0.1) is 0 Å². The van der Waals surface area contributed by atoms with Gasteiger partial charge in [0.15, 0.2) is 0 Å². The zero-order valence-corrected chi connectivity index (χ0v) is 18.1. The first-order chi connectivity index (χ1) is 14.3. The van der Waals surface area contributed by atoms with E-state index in [1.807, 2.05) is 25.1 Å². The Hall–Kier alpha value is -2.63. The van der Waals surface area contributed by atoms with E-state index in [2.05, 4.69) is 23.9 Å². The van der Waals surface area contributed by atoms with Crippen molar-refractivity contribution in [3.8, 4) is 28.1 Å². The highest BCUT2D eigenvalue weighted by atomic mass is 35.5. The van der Waals surface area contributed by atoms with Crippen LogP contribution in [0.1, 0.15) is 12.0 Å². The Kier molecular flexibility index (Phi) is 5.67. The van der Waals surface area contributed by atoms with E-state index in [0.29, 0.717) is 33.4 Å². The first-order valence-electron chi connectivity index (χ1n) is 10.0. The van der Waals surface area contributed by atoms with Gasteiger partial charge in [0.1, 0.15) is 17.4 Å². The molecule has 6 heteroatoms. The molecule has 4 rings (SSSR count). The first-order valence-corrected chi connectivity index (χ1v) is 10.4. The highest BCUT2D eigenvalue weighted by molar-refractivity contribution is 6.33. The zero-order valence-electron chi connectivity index (χ0n) is 17.4. The van der Waals surface area contributed by atoms with E-state index in [4.69, 9.17) is 16.6 Å². The normalized spacial score (nSPS) is 16.5. The van der Waals surface area contributed by atoms with Crippen LogP contribution in [0.15, 0.2) is 48.5 Å². The van der Waals surface area contributed by atoms with Crippen LogP contribution in [-0.2, 0) is 0 Å². The fourth-order valence-corrected chi connectivity index (χ4v) is 4.23. The summed E-state index contributed by atoms with van der Waals surface area (Å²) >= 11 is 6.37. The Labute approximate surface area is 181 Å². The number of benzene rings is 2. The number of halogens is 2. The molecule has 2 aromatic carbocycles. The fraction of sp³-hybridized carbons (Fsp3) is 0.292. The van der Waals surface area contributed by atoms with Crippen molar-refractivity contribution in [1.29, 1.82) is 0 Å². The molecule has 1 aromatic heterocycles. The largest absolute Gasteiger partial charge is 0.507 e. The van der Waals surface area contributed by atoms with E-state index in [1.54, 1.807) is 24.3 Å². The van der Waals surface area contributed by atoms with Crippen molar-refractivity contribution in [3.05, 3.63) is 64.9 Å². The standard InChI is InChI=1S/C24H25ClFN3O/c1-15-7-8-22(30)18(11-15)21-12-16(24-19(25)5-4-6-20(24)26)13-23(27-21)29-10-9-17(14-29)28(2)3/h4-8,11-13,17,30H,9-10,14H2,1-3H3. The second kappa shape index (κ2) is 8.25. The number of likely N-dealkylation sites (N-methyl/N-ethyl adjacent to an activating group) is 1. The average Bonchev–Trinajstić information content (AvgIpc) is 3.20. The van der Waals surface area contributed by atoms with Crippen molar-refractivity contribution in [3.63, 3.8) is 0 Å². The van der Waals surface area contributed by atoms with Gasteiger partial charge in [-0.2, -0.15) is 0 Å². The van der Waals surface area contributed by atoms with Crippen LogP contribution in [0.3, 0.4) is 0 Å². The van der Waals surface area contributed by atoms with Crippen molar-refractivity contribution in [1.82, 2.24) is 9.88 Å². The van der Waals surface area contributed by atoms with Crippen LogP contribution in [-0.4, -0.2) is 48.2 Å². The number of hydrogen-bond acceptors (Lipinski definition) is 4. The highest BCUT2D eigenvalue weighted by Crippen LogP contribution is 2.38. The summed E-state index contributed by atoms with van der Waals surface area (Å²) < 4.78 is 14.7. The van der Waals surface area contributed by atoms with Crippen LogP contribution in [0.4, 0.5) is 10.2 Å². The van der Waals surface area contributed by atoms with Gasteiger partial charge >= 0.3 is 0 Å². The summed E-state index contributed by atoms with van der Waals surface area (Å²) in [5, 5.41) is 10.8. The second-order valence-corrected chi connectivity index (χ2v) is 8.48. The van der Waals surface area contributed by atoms with Gasteiger partial charge in [0.25, 0.3) is 0 Å². The molecule has 3 aromatic rings. The summed E-state index contributed by atoms with van der Waals surface area (Å²) in [6, 6.07) is 14.2.